The van der Waals surface area contributed by atoms with Gasteiger partial charge in [-0.2, -0.15) is 5.01 Å². The third-order valence-corrected chi connectivity index (χ3v) is 4.60. The van der Waals surface area contributed by atoms with Crippen molar-refractivity contribution in [1.29, 1.82) is 0 Å². The molecular weight excluding hydrogens is 364 g/mol. The molecule has 0 bridgehead atoms. The van der Waals surface area contributed by atoms with Gasteiger partial charge in [0.05, 0.1) is 7.11 Å². The molecule has 1 fully saturated rings. The number of nitrogens with one attached hydrogen (secondary N) is 3. The van der Waals surface area contributed by atoms with Crippen molar-refractivity contribution in [2.75, 3.05) is 7.11 Å². The van der Waals surface area contributed by atoms with Crippen LogP contribution in [0.5, 0.6) is 5.75 Å². The van der Waals surface area contributed by atoms with E-state index >= 15 is 0 Å². The quantitative estimate of drug-likeness (QED) is 0.541. The summed E-state index contributed by atoms with van der Waals surface area (Å²) in [6.45, 7) is 2.10. The number of urea groups is 1. The Morgan fingerprint density at radius 2 is 1.81 bits per heavy atom. The monoisotopic (exact) mass is 384 g/mol. The van der Waals surface area contributed by atoms with E-state index in [-0.39, 0.29) is 5.11 Å². The third-order valence-electron chi connectivity index (χ3n) is 4.37. The zero-order valence-electron chi connectivity index (χ0n) is 15.0. The highest BCUT2D eigenvalue weighted by molar-refractivity contribution is 7.80. The minimum atomic E-state index is -1.14. The molecule has 0 aromatic heterocycles. The topological polar surface area (TPSA) is 82.7 Å². The molecule has 1 aliphatic heterocycles. The fourth-order valence-corrected chi connectivity index (χ4v) is 2.94. The Labute approximate surface area is 162 Å². The Bertz CT molecular complexity index is 857. The van der Waals surface area contributed by atoms with Crippen LogP contribution < -0.4 is 20.8 Å². The maximum atomic E-state index is 12.8. The van der Waals surface area contributed by atoms with E-state index in [0.717, 1.165) is 16.3 Å². The highest BCUT2D eigenvalue weighted by Gasteiger charge is 2.49. The average molecular weight is 384 g/mol. The summed E-state index contributed by atoms with van der Waals surface area (Å²) in [5.74, 6) is 0.339. The minimum Gasteiger partial charge on any atom is -0.497 e. The molecule has 7 nitrogen and oxygen atoms in total. The fraction of sp³-hybridized carbons (Fsp3) is 0.211. The van der Waals surface area contributed by atoms with E-state index in [1.165, 1.54) is 0 Å². The first-order valence-electron chi connectivity index (χ1n) is 8.33. The van der Waals surface area contributed by atoms with Gasteiger partial charge >= 0.3 is 6.03 Å². The van der Waals surface area contributed by atoms with Crippen LogP contribution in [0.3, 0.4) is 0 Å². The Hall–Kier alpha value is -3.13. The maximum absolute atomic E-state index is 12.8. The van der Waals surface area contributed by atoms with E-state index in [4.69, 9.17) is 17.0 Å². The van der Waals surface area contributed by atoms with E-state index in [9.17, 15) is 9.59 Å². The fourth-order valence-electron chi connectivity index (χ4n) is 2.77. The van der Waals surface area contributed by atoms with Crippen LogP contribution in [0.15, 0.2) is 54.6 Å². The van der Waals surface area contributed by atoms with Crippen LogP contribution in [0.4, 0.5) is 4.79 Å². The number of carbonyl (C=O) groups is 2. The lowest BCUT2D eigenvalue weighted by Crippen LogP contribution is -2.51. The highest BCUT2D eigenvalue weighted by Crippen LogP contribution is 2.27. The molecule has 0 saturated carbocycles. The van der Waals surface area contributed by atoms with Crippen molar-refractivity contribution in [2.45, 2.75) is 19.0 Å². The standard InChI is InChI=1S/C19H20N4O3S/c1-19(14-6-4-3-5-7-14)16(24)23(18(25)21-19)22-17(27)20-12-13-8-10-15(26-2)11-9-13/h3-11H,12H2,1-2H3,(H,21,25)(H2,20,22,27)/t19-/m0/s1. The molecule has 1 atom stereocenters. The van der Waals surface area contributed by atoms with Crippen LogP contribution in [0.1, 0.15) is 18.1 Å². The lowest BCUT2D eigenvalue weighted by molar-refractivity contribution is -0.132. The average Bonchev–Trinajstić information content (AvgIpc) is 2.91. The largest absolute Gasteiger partial charge is 0.497 e. The first kappa shape index (κ1) is 18.7. The van der Waals surface area contributed by atoms with Crippen molar-refractivity contribution >= 4 is 29.3 Å². The molecule has 1 aliphatic rings. The number of carbonyl (C=O) groups excluding carboxylic acids is 2. The van der Waals surface area contributed by atoms with Gasteiger partial charge < -0.3 is 15.4 Å². The molecule has 1 saturated heterocycles. The molecule has 2 aromatic carbocycles. The molecule has 1 heterocycles. The molecule has 140 valence electrons. The van der Waals surface area contributed by atoms with Crippen molar-refractivity contribution in [3.63, 3.8) is 0 Å². The van der Waals surface area contributed by atoms with Crippen molar-refractivity contribution in [1.82, 2.24) is 21.1 Å². The van der Waals surface area contributed by atoms with E-state index in [0.29, 0.717) is 12.1 Å². The summed E-state index contributed by atoms with van der Waals surface area (Å²) in [4.78, 5) is 25.1. The van der Waals surface area contributed by atoms with E-state index < -0.39 is 17.5 Å². The second kappa shape index (κ2) is 7.63. The minimum absolute atomic E-state index is 0.173. The lowest BCUT2D eigenvalue weighted by Gasteiger charge is -2.22. The van der Waals surface area contributed by atoms with E-state index in [2.05, 4.69) is 16.1 Å². The van der Waals surface area contributed by atoms with Crippen LogP contribution in [0.25, 0.3) is 0 Å². The Morgan fingerprint density at radius 1 is 1.15 bits per heavy atom. The van der Waals surface area contributed by atoms with Crippen LogP contribution >= 0.6 is 12.2 Å². The number of hydrazine groups is 1. The summed E-state index contributed by atoms with van der Waals surface area (Å²) < 4.78 is 5.12. The van der Waals surface area contributed by atoms with Crippen molar-refractivity contribution in [3.8, 4) is 5.75 Å². The van der Waals surface area contributed by atoms with Gasteiger partial charge in [-0.05, 0) is 42.4 Å². The summed E-state index contributed by atoms with van der Waals surface area (Å²) >= 11 is 5.22. The zero-order valence-corrected chi connectivity index (χ0v) is 15.8. The molecule has 0 radical (unpaired) electrons. The first-order chi connectivity index (χ1) is 12.9. The summed E-state index contributed by atoms with van der Waals surface area (Å²) in [5, 5.41) is 6.76. The second-order valence-electron chi connectivity index (χ2n) is 6.20. The molecule has 3 rings (SSSR count). The van der Waals surface area contributed by atoms with Gasteiger partial charge in [0.25, 0.3) is 5.91 Å². The summed E-state index contributed by atoms with van der Waals surface area (Å²) in [5.41, 5.74) is 3.20. The molecule has 27 heavy (non-hydrogen) atoms. The molecular formula is C19H20N4O3S. The highest BCUT2D eigenvalue weighted by atomic mass is 32.1. The molecule has 0 unspecified atom stereocenters. The van der Waals surface area contributed by atoms with Crippen LogP contribution in [-0.2, 0) is 16.9 Å². The molecule has 2 aromatic rings. The summed E-state index contributed by atoms with van der Waals surface area (Å²) in [6.07, 6.45) is 0. The van der Waals surface area contributed by atoms with Crippen molar-refractivity contribution in [2.24, 2.45) is 0 Å². The molecule has 3 N–H and O–H groups in total. The zero-order chi connectivity index (χ0) is 19.4. The predicted molar refractivity (Wildman–Crippen MR) is 105 cm³/mol. The van der Waals surface area contributed by atoms with Gasteiger partial charge in [-0.25, -0.2) is 4.79 Å². The molecule has 8 heteroatoms. The second-order valence-corrected chi connectivity index (χ2v) is 6.61. The number of hydrogen-bond acceptors (Lipinski definition) is 4. The number of imide groups is 1. The smallest absolute Gasteiger partial charge is 0.344 e. The SMILES string of the molecule is COc1ccc(CNC(=S)NN2C(=O)N[C@@](C)(c3ccccc3)C2=O)cc1. The summed E-state index contributed by atoms with van der Waals surface area (Å²) in [7, 11) is 1.60. The van der Waals surface area contributed by atoms with Gasteiger partial charge in [0.15, 0.2) is 5.11 Å². The molecule has 0 spiro atoms. The van der Waals surface area contributed by atoms with Crippen molar-refractivity contribution in [3.05, 3.63) is 65.7 Å². The van der Waals surface area contributed by atoms with Crippen LogP contribution in [0.2, 0.25) is 0 Å². The number of ether oxygens (including phenoxy) is 1. The number of nitrogens with zero attached hydrogens (tertiary/aromatic N) is 1. The number of amides is 3. The number of thiocarbonyl (C=S) groups is 1. The van der Waals surface area contributed by atoms with E-state index in [1.807, 2.05) is 42.5 Å². The first-order valence-corrected chi connectivity index (χ1v) is 8.74. The van der Waals surface area contributed by atoms with Crippen LogP contribution in [0, 0.1) is 0 Å². The van der Waals surface area contributed by atoms with E-state index in [1.54, 1.807) is 26.2 Å². The van der Waals surface area contributed by atoms with Gasteiger partial charge in [0.2, 0.25) is 0 Å². The predicted octanol–water partition coefficient (Wildman–Crippen LogP) is 2.04. The van der Waals surface area contributed by atoms with Gasteiger partial charge in [0.1, 0.15) is 11.3 Å². The van der Waals surface area contributed by atoms with Crippen LogP contribution in [-0.4, -0.2) is 29.2 Å². The van der Waals surface area contributed by atoms with Gasteiger partial charge in [-0.15, -0.1) is 0 Å². The normalized spacial score (nSPS) is 18.8. The van der Waals surface area contributed by atoms with Gasteiger partial charge in [0, 0.05) is 6.54 Å². The van der Waals surface area contributed by atoms with Gasteiger partial charge in [-0.1, -0.05) is 42.5 Å². The number of hydrogen-bond donors (Lipinski definition) is 3. The molecule has 3 amide bonds. The van der Waals surface area contributed by atoms with Crippen molar-refractivity contribution < 1.29 is 14.3 Å². The number of methoxy groups -OCH3 is 1. The lowest BCUT2D eigenvalue weighted by atomic mass is 9.92. The maximum Gasteiger partial charge on any atom is 0.344 e. The number of benzene rings is 2. The molecule has 0 aliphatic carbocycles. The third kappa shape index (κ3) is 3.85. The number of rotatable bonds is 5. The Kier molecular flexibility index (Phi) is 5.27. The van der Waals surface area contributed by atoms with Gasteiger partial charge in [-0.3, -0.25) is 10.2 Å². The summed E-state index contributed by atoms with van der Waals surface area (Å²) in [6, 6.07) is 16.0. The Balaban J connectivity index is 1.62. The Morgan fingerprint density at radius 3 is 2.44 bits per heavy atom.